The molecule has 22 heavy (non-hydrogen) atoms. The number of ether oxygens (including phenoxy) is 1. The maximum Gasteiger partial charge on any atom is 0.407 e. The molecule has 6 nitrogen and oxygen atoms in total. The van der Waals surface area contributed by atoms with Crippen LogP contribution < -0.4 is 10.6 Å². The van der Waals surface area contributed by atoms with E-state index >= 15 is 0 Å². The van der Waals surface area contributed by atoms with Crippen molar-refractivity contribution in [1.29, 1.82) is 0 Å². The summed E-state index contributed by atoms with van der Waals surface area (Å²) in [4.78, 5) is 11.4. The van der Waals surface area contributed by atoms with Gasteiger partial charge in [-0.1, -0.05) is 12.2 Å². The highest BCUT2D eigenvalue weighted by molar-refractivity contribution is 5.67. The van der Waals surface area contributed by atoms with E-state index in [4.69, 9.17) is 4.74 Å². The molecule has 1 aromatic heterocycles. The molecule has 0 radical (unpaired) electrons. The predicted molar refractivity (Wildman–Crippen MR) is 87.7 cm³/mol. The molecule has 1 atom stereocenters. The standard InChI is InChI=1S/C16H28N4O2/c1-12(14-11-20(6)19-13(14)2)17-9-7-8-10-18-15(21)22-16(3,4)5/h7-8,11-12,17H,9-10H2,1-6H3,(H,18,21)/b8-7+. The van der Waals surface area contributed by atoms with Crippen molar-refractivity contribution in [2.24, 2.45) is 7.05 Å². The van der Waals surface area contributed by atoms with Crippen molar-refractivity contribution in [3.8, 4) is 0 Å². The second kappa shape index (κ2) is 7.98. The lowest BCUT2D eigenvalue weighted by atomic mass is 10.1. The number of aromatic nitrogens is 2. The van der Waals surface area contributed by atoms with Gasteiger partial charge in [0.15, 0.2) is 0 Å². The number of hydrogen-bond donors (Lipinski definition) is 2. The van der Waals surface area contributed by atoms with Crippen LogP contribution in [0, 0.1) is 6.92 Å². The fourth-order valence-corrected chi connectivity index (χ4v) is 2.02. The molecule has 0 aliphatic carbocycles. The maximum absolute atomic E-state index is 11.4. The second-order valence-electron chi connectivity index (χ2n) is 6.33. The number of carbonyl (C=O) groups is 1. The number of alkyl carbamates (subject to hydrolysis) is 1. The van der Waals surface area contributed by atoms with E-state index < -0.39 is 11.7 Å². The molecule has 6 heteroatoms. The third-order valence-electron chi connectivity index (χ3n) is 2.99. The Balaban J connectivity index is 2.24. The van der Waals surface area contributed by atoms with Gasteiger partial charge in [-0.15, -0.1) is 0 Å². The van der Waals surface area contributed by atoms with Gasteiger partial charge >= 0.3 is 6.09 Å². The lowest BCUT2D eigenvalue weighted by Gasteiger charge is -2.19. The minimum absolute atomic E-state index is 0.233. The molecular formula is C16H28N4O2. The second-order valence-corrected chi connectivity index (χ2v) is 6.33. The summed E-state index contributed by atoms with van der Waals surface area (Å²) in [5.41, 5.74) is 1.77. The first-order valence-corrected chi connectivity index (χ1v) is 7.54. The van der Waals surface area contributed by atoms with Gasteiger partial charge in [-0.3, -0.25) is 4.68 Å². The van der Waals surface area contributed by atoms with Crippen LogP contribution in [0.15, 0.2) is 18.3 Å². The van der Waals surface area contributed by atoms with E-state index in [1.54, 1.807) is 0 Å². The Morgan fingerprint density at radius 1 is 1.41 bits per heavy atom. The molecular weight excluding hydrogens is 280 g/mol. The Morgan fingerprint density at radius 2 is 2.05 bits per heavy atom. The number of rotatable bonds is 6. The monoisotopic (exact) mass is 308 g/mol. The van der Waals surface area contributed by atoms with Crippen LogP contribution in [0.1, 0.15) is 45.0 Å². The molecule has 124 valence electrons. The zero-order valence-electron chi connectivity index (χ0n) is 14.4. The topological polar surface area (TPSA) is 68.2 Å². The third-order valence-corrected chi connectivity index (χ3v) is 2.99. The number of carbonyl (C=O) groups excluding carboxylic acids is 1. The average Bonchev–Trinajstić information content (AvgIpc) is 2.70. The summed E-state index contributed by atoms with van der Waals surface area (Å²) in [7, 11) is 1.92. The summed E-state index contributed by atoms with van der Waals surface area (Å²) in [6.45, 7) is 10.8. The molecule has 0 saturated carbocycles. The van der Waals surface area contributed by atoms with E-state index in [9.17, 15) is 4.79 Å². The van der Waals surface area contributed by atoms with Crippen molar-refractivity contribution in [3.63, 3.8) is 0 Å². The highest BCUT2D eigenvalue weighted by Crippen LogP contribution is 2.14. The van der Waals surface area contributed by atoms with Gasteiger partial charge in [0.1, 0.15) is 5.60 Å². The average molecular weight is 308 g/mol. The fourth-order valence-electron chi connectivity index (χ4n) is 2.02. The van der Waals surface area contributed by atoms with Crippen LogP contribution in [-0.2, 0) is 11.8 Å². The first-order chi connectivity index (χ1) is 10.2. The zero-order chi connectivity index (χ0) is 16.8. The summed E-state index contributed by atoms with van der Waals surface area (Å²) in [5, 5.41) is 10.4. The van der Waals surface area contributed by atoms with E-state index in [0.717, 1.165) is 12.2 Å². The van der Waals surface area contributed by atoms with Crippen LogP contribution in [0.2, 0.25) is 0 Å². The van der Waals surface area contributed by atoms with E-state index in [-0.39, 0.29) is 6.04 Å². The first kappa shape index (κ1) is 18.2. The van der Waals surface area contributed by atoms with Crippen LogP contribution in [0.5, 0.6) is 0 Å². The molecule has 2 N–H and O–H groups in total. The van der Waals surface area contributed by atoms with Crippen molar-refractivity contribution in [2.75, 3.05) is 13.1 Å². The number of nitrogens with one attached hydrogen (secondary N) is 2. The van der Waals surface area contributed by atoms with Gasteiger partial charge in [0.2, 0.25) is 0 Å². The van der Waals surface area contributed by atoms with Gasteiger partial charge in [0.05, 0.1) is 5.69 Å². The molecule has 0 spiro atoms. The highest BCUT2D eigenvalue weighted by atomic mass is 16.6. The molecule has 0 saturated heterocycles. The summed E-state index contributed by atoms with van der Waals surface area (Å²) in [6, 6.07) is 0.233. The van der Waals surface area contributed by atoms with Gasteiger partial charge in [-0.05, 0) is 34.6 Å². The maximum atomic E-state index is 11.4. The summed E-state index contributed by atoms with van der Waals surface area (Å²) >= 11 is 0. The first-order valence-electron chi connectivity index (χ1n) is 7.54. The third kappa shape index (κ3) is 6.76. The lowest BCUT2D eigenvalue weighted by molar-refractivity contribution is 0.0534. The molecule has 0 aromatic carbocycles. The van der Waals surface area contributed by atoms with Crippen LogP contribution in [0.4, 0.5) is 4.79 Å². The lowest BCUT2D eigenvalue weighted by Crippen LogP contribution is -2.32. The summed E-state index contributed by atoms with van der Waals surface area (Å²) < 4.78 is 6.97. The minimum Gasteiger partial charge on any atom is -0.444 e. The molecule has 0 bridgehead atoms. The van der Waals surface area contributed by atoms with Gasteiger partial charge < -0.3 is 15.4 Å². The van der Waals surface area contributed by atoms with Crippen molar-refractivity contribution >= 4 is 6.09 Å². The van der Waals surface area contributed by atoms with Crippen LogP contribution in [0.3, 0.4) is 0 Å². The highest BCUT2D eigenvalue weighted by Gasteiger charge is 2.15. The summed E-state index contributed by atoms with van der Waals surface area (Å²) in [6.07, 6.45) is 5.52. The molecule has 0 aliphatic heterocycles. The van der Waals surface area contributed by atoms with E-state index in [1.807, 2.05) is 57.8 Å². The van der Waals surface area contributed by atoms with Crippen LogP contribution in [0.25, 0.3) is 0 Å². The number of amides is 1. The Labute approximate surface area is 132 Å². The fraction of sp³-hybridized carbons (Fsp3) is 0.625. The number of nitrogens with zero attached hydrogens (tertiary/aromatic N) is 2. The van der Waals surface area contributed by atoms with Crippen molar-refractivity contribution in [3.05, 3.63) is 29.6 Å². The molecule has 1 amide bonds. The van der Waals surface area contributed by atoms with E-state index in [0.29, 0.717) is 6.54 Å². The van der Waals surface area contributed by atoms with Crippen LogP contribution in [-0.4, -0.2) is 34.6 Å². The Bertz CT molecular complexity index is 515. The Hall–Kier alpha value is -1.82. The van der Waals surface area contributed by atoms with Gasteiger partial charge in [-0.25, -0.2) is 4.79 Å². The molecule has 0 fully saturated rings. The molecule has 1 heterocycles. The molecule has 1 unspecified atom stereocenters. The van der Waals surface area contributed by atoms with Crippen molar-refractivity contribution in [2.45, 2.75) is 46.3 Å². The van der Waals surface area contributed by atoms with E-state index in [2.05, 4.69) is 22.7 Å². The van der Waals surface area contributed by atoms with Crippen molar-refractivity contribution < 1.29 is 9.53 Å². The largest absolute Gasteiger partial charge is 0.444 e. The molecule has 1 aromatic rings. The normalized spacial score (nSPS) is 13.4. The SMILES string of the molecule is Cc1nn(C)cc1C(C)NC/C=C/CNC(=O)OC(C)(C)C. The predicted octanol–water partition coefficient (Wildman–Crippen LogP) is 2.46. The van der Waals surface area contributed by atoms with Crippen molar-refractivity contribution in [1.82, 2.24) is 20.4 Å². The van der Waals surface area contributed by atoms with Crippen LogP contribution >= 0.6 is 0 Å². The summed E-state index contributed by atoms with van der Waals surface area (Å²) in [5.74, 6) is 0. The Morgan fingerprint density at radius 3 is 2.59 bits per heavy atom. The molecule has 0 aliphatic rings. The smallest absolute Gasteiger partial charge is 0.407 e. The zero-order valence-corrected chi connectivity index (χ0v) is 14.4. The van der Waals surface area contributed by atoms with Gasteiger partial charge in [0, 0.05) is 37.9 Å². The Kier molecular flexibility index (Phi) is 6.61. The number of aryl methyl sites for hydroxylation is 2. The van der Waals surface area contributed by atoms with Gasteiger partial charge in [-0.2, -0.15) is 5.10 Å². The quantitative estimate of drug-likeness (QED) is 0.792. The van der Waals surface area contributed by atoms with E-state index in [1.165, 1.54) is 5.56 Å². The minimum atomic E-state index is -0.466. The molecule has 1 rings (SSSR count). The number of hydrogen-bond acceptors (Lipinski definition) is 4. The van der Waals surface area contributed by atoms with Gasteiger partial charge in [0.25, 0.3) is 0 Å².